The van der Waals surface area contributed by atoms with Crippen LogP contribution in [0.4, 0.5) is 0 Å². The number of amidine groups is 1. The number of hydrogen-bond acceptors (Lipinski definition) is 3. The molecule has 0 radical (unpaired) electrons. The maximum absolute atomic E-state index is 11.6. The van der Waals surface area contributed by atoms with E-state index in [1.54, 1.807) is 11.8 Å². The van der Waals surface area contributed by atoms with E-state index in [0.29, 0.717) is 6.04 Å². The van der Waals surface area contributed by atoms with E-state index in [4.69, 9.17) is 0 Å². The predicted octanol–water partition coefficient (Wildman–Crippen LogP) is 2.71. The van der Waals surface area contributed by atoms with Crippen LogP contribution in [0.15, 0.2) is 4.99 Å². The molecule has 1 saturated carbocycles. The SMILES string of the molecule is CC1(C)SC(NC2CCCCCC2)=NC1=O. The Balaban J connectivity index is 1.90. The average molecular weight is 240 g/mol. The summed E-state index contributed by atoms with van der Waals surface area (Å²) in [5.74, 6) is -0.00591. The monoisotopic (exact) mass is 240 g/mol. The van der Waals surface area contributed by atoms with Crippen LogP contribution in [0.25, 0.3) is 0 Å². The van der Waals surface area contributed by atoms with Crippen molar-refractivity contribution in [3.05, 3.63) is 0 Å². The molecule has 16 heavy (non-hydrogen) atoms. The number of amides is 1. The molecule has 3 nitrogen and oxygen atoms in total. The van der Waals surface area contributed by atoms with E-state index in [2.05, 4.69) is 10.3 Å². The highest BCUT2D eigenvalue weighted by Crippen LogP contribution is 2.32. The number of carbonyl (C=O) groups is 1. The first-order chi connectivity index (χ1) is 7.58. The summed E-state index contributed by atoms with van der Waals surface area (Å²) in [4.78, 5) is 15.7. The van der Waals surface area contributed by atoms with Gasteiger partial charge in [0.2, 0.25) is 0 Å². The van der Waals surface area contributed by atoms with Crippen LogP contribution in [0, 0.1) is 0 Å². The molecule has 1 amide bonds. The molecular formula is C12H20N2OS. The first-order valence-corrected chi connectivity index (χ1v) is 6.98. The molecule has 1 heterocycles. The zero-order valence-electron chi connectivity index (χ0n) is 10.1. The maximum atomic E-state index is 11.6. The lowest BCUT2D eigenvalue weighted by molar-refractivity contribution is -0.119. The molecule has 0 aromatic rings. The van der Waals surface area contributed by atoms with Crippen molar-refractivity contribution >= 4 is 22.8 Å². The van der Waals surface area contributed by atoms with Gasteiger partial charge in [-0.15, -0.1) is 0 Å². The summed E-state index contributed by atoms with van der Waals surface area (Å²) in [5.41, 5.74) is 0. The number of thioether (sulfide) groups is 1. The standard InChI is InChI=1S/C12H20N2OS/c1-12(2)10(15)14-11(16-12)13-9-7-5-3-4-6-8-9/h9H,3-8H2,1-2H3,(H,13,14,15). The van der Waals surface area contributed by atoms with Gasteiger partial charge in [-0.05, 0) is 26.7 Å². The number of carbonyl (C=O) groups excluding carboxylic acids is 1. The fourth-order valence-corrected chi connectivity index (χ4v) is 3.17. The predicted molar refractivity (Wildman–Crippen MR) is 68.7 cm³/mol. The Morgan fingerprint density at radius 1 is 1.25 bits per heavy atom. The summed E-state index contributed by atoms with van der Waals surface area (Å²) in [5, 5.41) is 4.27. The van der Waals surface area contributed by atoms with Gasteiger partial charge in [0.05, 0.1) is 4.75 Å². The normalized spacial score (nSPS) is 26.4. The summed E-state index contributed by atoms with van der Waals surface area (Å²) in [7, 11) is 0. The van der Waals surface area contributed by atoms with Gasteiger partial charge < -0.3 is 5.32 Å². The Labute approximate surface area is 101 Å². The van der Waals surface area contributed by atoms with Crippen molar-refractivity contribution in [3.63, 3.8) is 0 Å². The Hall–Kier alpha value is -0.510. The van der Waals surface area contributed by atoms with Gasteiger partial charge in [0, 0.05) is 6.04 Å². The van der Waals surface area contributed by atoms with E-state index in [-0.39, 0.29) is 10.7 Å². The summed E-state index contributed by atoms with van der Waals surface area (Å²) < 4.78 is -0.368. The maximum Gasteiger partial charge on any atom is 0.264 e. The molecule has 0 aromatic heterocycles. The highest BCUT2D eigenvalue weighted by molar-refractivity contribution is 8.16. The molecule has 0 saturated heterocycles. The van der Waals surface area contributed by atoms with Gasteiger partial charge in [-0.25, -0.2) is 0 Å². The Kier molecular flexibility index (Phi) is 3.57. The zero-order valence-corrected chi connectivity index (χ0v) is 10.9. The molecule has 0 unspecified atom stereocenters. The first kappa shape index (κ1) is 12.0. The summed E-state index contributed by atoms with van der Waals surface area (Å²) in [6.45, 7) is 3.87. The van der Waals surface area contributed by atoms with Crippen LogP contribution in [0.3, 0.4) is 0 Å². The van der Waals surface area contributed by atoms with E-state index in [0.717, 1.165) is 5.17 Å². The minimum Gasteiger partial charge on any atom is -0.362 e. The molecule has 1 fully saturated rings. The van der Waals surface area contributed by atoms with E-state index >= 15 is 0 Å². The molecule has 4 heteroatoms. The van der Waals surface area contributed by atoms with E-state index in [1.807, 2.05) is 13.8 Å². The number of nitrogens with zero attached hydrogens (tertiary/aromatic N) is 1. The van der Waals surface area contributed by atoms with Gasteiger partial charge in [0.25, 0.3) is 5.91 Å². The van der Waals surface area contributed by atoms with Gasteiger partial charge in [-0.2, -0.15) is 4.99 Å². The number of nitrogens with one attached hydrogen (secondary N) is 1. The smallest absolute Gasteiger partial charge is 0.264 e. The summed E-state index contributed by atoms with van der Waals surface area (Å²) in [6, 6.07) is 0.524. The molecule has 1 aliphatic heterocycles. The molecule has 0 aromatic carbocycles. The lowest BCUT2D eigenvalue weighted by Gasteiger charge is -2.18. The van der Waals surface area contributed by atoms with Crippen LogP contribution in [-0.4, -0.2) is 21.9 Å². The molecule has 90 valence electrons. The molecule has 0 atom stereocenters. The third-order valence-electron chi connectivity index (χ3n) is 3.25. The van der Waals surface area contributed by atoms with Gasteiger partial charge in [0.1, 0.15) is 0 Å². The lowest BCUT2D eigenvalue weighted by Crippen LogP contribution is -2.32. The van der Waals surface area contributed by atoms with Crippen molar-refractivity contribution in [2.45, 2.75) is 63.2 Å². The molecule has 2 aliphatic rings. The second-order valence-electron chi connectivity index (χ2n) is 5.17. The third kappa shape index (κ3) is 2.78. The van der Waals surface area contributed by atoms with Crippen molar-refractivity contribution in [1.82, 2.24) is 5.32 Å². The highest BCUT2D eigenvalue weighted by Gasteiger charge is 2.36. The van der Waals surface area contributed by atoms with Crippen molar-refractivity contribution < 1.29 is 4.79 Å². The molecule has 0 bridgehead atoms. The topological polar surface area (TPSA) is 41.5 Å². The van der Waals surface area contributed by atoms with E-state index < -0.39 is 0 Å². The van der Waals surface area contributed by atoms with Crippen LogP contribution in [0.1, 0.15) is 52.4 Å². The molecule has 0 spiro atoms. The molecule has 1 N–H and O–H groups in total. The summed E-state index contributed by atoms with van der Waals surface area (Å²) >= 11 is 1.57. The van der Waals surface area contributed by atoms with Crippen molar-refractivity contribution in [2.75, 3.05) is 0 Å². The Morgan fingerprint density at radius 3 is 2.38 bits per heavy atom. The molecular weight excluding hydrogens is 220 g/mol. The second-order valence-corrected chi connectivity index (χ2v) is 6.78. The third-order valence-corrected chi connectivity index (χ3v) is 4.34. The van der Waals surface area contributed by atoms with Crippen molar-refractivity contribution in [2.24, 2.45) is 4.99 Å². The molecule has 1 aliphatic carbocycles. The van der Waals surface area contributed by atoms with Crippen LogP contribution >= 0.6 is 11.8 Å². The zero-order chi connectivity index (χ0) is 11.6. The number of aliphatic imine (C=N–C) groups is 1. The highest BCUT2D eigenvalue weighted by atomic mass is 32.2. The van der Waals surface area contributed by atoms with E-state index in [1.165, 1.54) is 38.5 Å². The van der Waals surface area contributed by atoms with E-state index in [9.17, 15) is 4.79 Å². The average Bonchev–Trinajstić information content (AvgIpc) is 2.44. The van der Waals surface area contributed by atoms with Crippen LogP contribution < -0.4 is 5.32 Å². The molecule has 2 rings (SSSR count). The van der Waals surface area contributed by atoms with Crippen LogP contribution in [-0.2, 0) is 4.79 Å². The quantitative estimate of drug-likeness (QED) is 0.716. The first-order valence-electron chi connectivity index (χ1n) is 6.16. The van der Waals surface area contributed by atoms with Crippen LogP contribution in [0.5, 0.6) is 0 Å². The lowest BCUT2D eigenvalue weighted by atomic mass is 10.1. The van der Waals surface area contributed by atoms with Gasteiger partial charge >= 0.3 is 0 Å². The Morgan fingerprint density at radius 2 is 1.88 bits per heavy atom. The van der Waals surface area contributed by atoms with Crippen LogP contribution in [0.2, 0.25) is 0 Å². The number of hydrogen-bond donors (Lipinski definition) is 1. The minimum absolute atomic E-state index is 0.00591. The number of rotatable bonds is 1. The van der Waals surface area contributed by atoms with Gasteiger partial charge in [-0.3, -0.25) is 4.79 Å². The Bertz CT molecular complexity index is 304. The van der Waals surface area contributed by atoms with Crippen molar-refractivity contribution in [1.29, 1.82) is 0 Å². The van der Waals surface area contributed by atoms with Crippen molar-refractivity contribution in [3.8, 4) is 0 Å². The fraction of sp³-hybridized carbons (Fsp3) is 0.833. The minimum atomic E-state index is -0.368. The van der Waals surface area contributed by atoms with Gasteiger partial charge in [-0.1, -0.05) is 37.4 Å². The van der Waals surface area contributed by atoms with Gasteiger partial charge in [0.15, 0.2) is 5.17 Å². The summed E-state index contributed by atoms with van der Waals surface area (Å²) in [6.07, 6.45) is 7.73. The largest absolute Gasteiger partial charge is 0.362 e. The second kappa shape index (κ2) is 4.78. The fourth-order valence-electron chi connectivity index (χ4n) is 2.20.